The van der Waals surface area contributed by atoms with Gasteiger partial charge in [0.2, 0.25) is 5.91 Å². The summed E-state index contributed by atoms with van der Waals surface area (Å²) in [5, 5.41) is 10.1. The number of rotatable bonds is 3. The molecule has 1 aromatic rings. The highest BCUT2D eigenvalue weighted by Gasteiger charge is 2.40. The lowest BCUT2D eigenvalue weighted by atomic mass is 9.94. The summed E-state index contributed by atoms with van der Waals surface area (Å²) in [6.07, 6.45) is 4.50. The summed E-state index contributed by atoms with van der Waals surface area (Å²) in [6.45, 7) is 2.42. The van der Waals surface area contributed by atoms with E-state index in [0.29, 0.717) is 13.0 Å². The van der Waals surface area contributed by atoms with Crippen molar-refractivity contribution in [2.45, 2.75) is 50.3 Å². The number of aliphatic hydroxyl groups is 1. The van der Waals surface area contributed by atoms with Crippen molar-refractivity contribution in [3.8, 4) is 0 Å². The smallest absolute Gasteiger partial charge is 0.226 e. The molecule has 0 bridgehead atoms. The number of hydrogen-bond acceptors (Lipinski definition) is 3. The van der Waals surface area contributed by atoms with Crippen molar-refractivity contribution in [1.29, 1.82) is 0 Å². The van der Waals surface area contributed by atoms with Crippen LogP contribution in [0, 0.1) is 11.7 Å². The Labute approximate surface area is 142 Å². The average Bonchev–Trinajstić information content (AvgIpc) is 3.37. The Morgan fingerprint density at radius 2 is 1.75 bits per heavy atom. The van der Waals surface area contributed by atoms with E-state index < -0.39 is 6.10 Å². The van der Waals surface area contributed by atoms with Crippen LogP contribution < -0.4 is 0 Å². The molecule has 0 radical (unpaired) electrons. The fourth-order valence-corrected chi connectivity index (χ4v) is 4.24. The zero-order chi connectivity index (χ0) is 16.7. The quantitative estimate of drug-likeness (QED) is 0.924. The molecule has 0 aromatic heterocycles. The van der Waals surface area contributed by atoms with Gasteiger partial charge in [0.05, 0.1) is 12.1 Å². The Hall–Kier alpha value is -1.46. The van der Waals surface area contributed by atoms with E-state index in [1.54, 1.807) is 12.1 Å². The van der Waals surface area contributed by atoms with Crippen LogP contribution in [0.5, 0.6) is 0 Å². The van der Waals surface area contributed by atoms with Gasteiger partial charge in [0.15, 0.2) is 0 Å². The topological polar surface area (TPSA) is 43.8 Å². The number of amides is 1. The van der Waals surface area contributed by atoms with Crippen molar-refractivity contribution in [2.75, 3.05) is 19.6 Å². The van der Waals surface area contributed by atoms with Gasteiger partial charge in [0.1, 0.15) is 5.82 Å². The van der Waals surface area contributed by atoms with Crippen LogP contribution in [0.25, 0.3) is 0 Å². The lowest BCUT2D eigenvalue weighted by Crippen LogP contribution is -2.43. The SMILES string of the molecule is O=C(C1CCN(C2CC2)CC1)N1C[C@@H](O)C[C@H]1c1ccc(F)cc1. The molecule has 5 heteroatoms. The van der Waals surface area contributed by atoms with E-state index in [0.717, 1.165) is 37.5 Å². The molecule has 4 rings (SSSR count). The average molecular weight is 332 g/mol. The molecule has 1 amide bonds. The van der Waals surface area contributed by atoms with Gasteiger partial charge >= 0.3 is 0 Å². The fourth-order valence-electron chi connectivity index (χ4n) is 4.24. The van der Waals surface area contributed by atoms with Crippen LogP contribution in [0.2, 0.25) is 0 Å². The van der Waals surface area contributed by atoms with Crippen LogP contribution >= 0.6 is 0 Å². The van der Waals surface area contributed by atoms with Crippen molar-refractivity contribution in [3.05, 3.63) is 35.6 Å². The molecule has 0 unspecified atom stereocenters. The Morgan fingerprint density at radius 1 is 1.08 bits per heavy atom. The van der Waals surface area contributed by atoms with E-state index >= 15 is 0 Å². The fraction of sp³-hybridized carbons (Fsp3) is 0.632. The lowest BCUT2D eigenvalue weighted by Gasteiger charge is -2.35. The van der Waals surface area contributed by atoms with Crippen molar-refractivity contribution in [3.63, 3.8) is 0 Å². The van der Waals surface area contributed by atoms with Gasteiger partial charge in [0, 0.05) is 18.5 Å². The van der Waals surface area contributed by atoms with Crippen LogP contribution in [0.15, 0.2) is 24.3 Å². The van der Waals surface area contributed by atoms with Crippen molar-refractivity contribution in [1.82, 2.24) is 9.80 Å². The number of nitrogens with zero attached hydrogens (tertiary/aromatic N) is 2. The summed E-state index contributed by atoms with van der Waals surface area (Å²) < 4.78 is 13.2. The minimum absolute atomic E-state index is 0.0632. The van der Waals surface area contributed by atoms with Gasteiger partial charge in [-0.25, -0.2) is 4.39 Å². The molecule has 2 saturated heterocycles. The maximum atomic E-state index is 13.2. The van der Waals surface area contributed by atoms with E-state index in [-0.39, 0.29) is 23.7 Å². The monoisotopic (exact) mass is 332 g/mol. The zero-order valence-corrected chi connectivity index (χ0v) is 13.9. The van der Waals surface area contributed by atoms with Crippen molar-refractivity contribution < 1.29 is 14.3 Å². The zero-order valence-electron chi connectivity index (χ0n) is 13.9. The van der Waals surface area contributed by atoms with Crippen LogP contribution in [-0.2, 0) is 4.79 Å². The molecule has 0 spiro atoms. The first-order chi connectivity index (χ1) is 11.6. The molecular weight excluding hydrogens is 307 g/mol. The molecule has 1 saturated carbocycles. The first-order valence-corrected chi connectivity index (χ1v) is 9.10. The minimum Gasteiger partial charge on any atom is -0.391 e. The number of piperidine rings is 1. The number of carbonyl (C=O) groups is 1. The lowest BCUT2D eigenvalue weighted by molar-refractivity contribution is -0.138. The number of aliphatic hydroxyl groups excluding tert-OH is 1. The molecule has 4 nitrogen and oxygen atoms in total. The Bertz CT molecular complexity index is 594. The van der Waals surface area contributed by atoms with E-state index in [1.165, 1.54) is 25.0 Å². The molecule has 2 atom stereocenters. The second kappa shape index (κ2) is 6.45. The van der Waals surface area contributed by atoms with Gasteiger partial charge < -0.3 is 14.9 Å². The van der Waals surface area contributed by atoms with Crippen LogP contribution in [-0.4, -0.2) is 52.6 Å². The van der Waals surface area contributed by atoms with Gasteiger partial charge in [-0.3, -0.25) is 4.79 Å². The third-order valence-corrected chi connectivity index (χ3v) is 5.76. The first kappa shape index (κ1) is 16.0. The van der Waals surface area contributed by atoms with Gasteiger partial charge in [0.25, 0.3) is 0 Å². The number of benzene rings is 1. The highest BCUT2D eigenvalue weighted by molar-refractivity contribution is 5.80. The maximum Gasteiger partial charge on any atom is 0.226 e. The number of carbonyl (C=O) groups excluding carboxylic acids is 1. The number of halogens is 1. The number of β-amino-alcohol motifs (C(OH)–C–C–N with tert-alkyl or cyclic N) is 1. The Kier molecular flexibility index (Phi) is 4.31. The van der Waals surface area contributed by atoms with Gasteiger partial charge in [-0.2, -0.15) is 0 Å². The molecule has 130 valence electrons. The second-order valence-electron chi connectivity index (χ2n) is 7.49. The van der Waals surface area contributed by atoms with Crippen molar-refractivity contribution in [2.24, 2.45) is 5.92 Å². The molecule has 1 N–H and O–H groups in total. The molecule has 2 heterocycles. The summed E-state index contributed by atoms with van der Waals surface area (Å²) in [6, 6.07) is 6.95. The standard InChI is InChI=1S/C19H25FN2O2/c20-15-3-1-13(2-4-15)18-11-17(23)12-22(18)19(24)14-7-9-21(10-8-14)16-5-6-16/h1-4,14,16-18,23H,5-12H2/t17-,18-/m0/s1. The summed E-state index contributed by atoms with van der Waals surface area (Å²) in [4.78, 5) is 17.4. The van der Waals surface area contributed by atoms with E-state index in [2.05, 4.69) is 4.90 Å². The maximum absolute atomic E-state index is 13.2. The Morgan fingerprint density at radius 3 is 2.38 bits per heavy atom. The molecule has 3 fully saturated rings. The predicted octanol–water partition coefficient (Wildman–Crippen LogP) is 2.33. The summed E-state index contributed by atoms with van der Waals surface area (Å²) in [5.74, 6) is -0.0489. The first-order valence-electron chi connectivity index (χ1n) is 9.10. The molecular formula is C19H25FN2O2. The van der Waals surface area contributed by atoms with E-state index in [9.17, 15) is 14.3 Å². The highest BCUT2D eigenvalue weighted by Crippen LogP contribution is 2.36. The van der Waals surface area contributed by atoms with Crippen LogP contribution in [0.4, 0.5) is 4.39 Å². The molecule has 2 aliphatic heterocycles. The number of hydrogen-bond donors (Lipinski definition) is 1. The highest BCUT2D eigenvalue weighted by atomic mass is 19.1. The van der Waals surface area contributed by atoms with E-state index in [4.69, 9.17) is 0 Å². The van der Waals surface area contributed by atoms with E-state index in [1.807, 2.05) is 4.90 Å². The molecule has 24 heavy (non-hydrogen) atoms. The minimum atomic E-state index is -0.490. The third-order valence-electron chi connectivity index (χ3n) is 5.76. The molecule has 3 aliphatic rings. The largest absolute Gasteiger partial charge is 0.391 e. The van der Waals surface area contributed by atoms with Crippen molar-refractivity contribution >= 4 is 5.91 Å². The van der Waals surface area contributed by atoms with Gasteiger partial charge in [-0.15, -0.1) is 0 Å². The Balaban J connectivity index is 1.44. The normalized spacial score (nSPS) is 29.2. The second-order valence-corrected chi connectivity index (χ2v) is 7.49. The summed E-state index contributed by atoms with van der Waals surface area (Å²) >= 11 is 0. The predicted molar refractivity (Wildman–Crippen MR) is 88.8 cm³/mol. The summed E-state index contributed by atoms with van der Waals surface area (Å²) in [7, 11) is 0. The van der Waals surface area contributed by atoms with Gasteiger partial charge in [-0.05, 0) is 62.9 Å². The molecule has 1 aromatic carbocycles. The number of likely N-dealkylation sites (tertiary alicyclic amines) is 2. The third kappa shape index (κ3) is 3.20. The van der Waals surface area contributed by atoms with Crippen LogP contribution in [0.1, 0.15) is 43.7 Å². The van der Waals surface area contributed by atoms with Crippen LogP contribution in [0.3, 0.4) is 0 Å². The van der Waals surface area contributed by atoms with Gasteiger partial charge in [-0.1, -0.05) is 12.1 Å². The summed E-state index contributed by atoms with van der Waals surface area (Å²) in [5.41, 5.74) is 0.914. The molecule has 1 aliphatic carbocycles.